The van der Waals surface area contributed by atoms with E-state index in [0.29, 0.717) is 0 Å². The molecule has 186 valence electrons. The molecule has 1 aliphatic rings. The van der Waals surface area contributed by atoms with Crippen molar-refractivity contribution in [3.05, 3.63) is 139 Å². The van der Waals surface area contributed by atoms with E-state index in [9.17, 15) is 0 Å². The molecule has 0 unspecified atom stereocenters. The molecule has 0 bridgehead atoms. The van der Waals surface area contributed by atoms with Crippen LogP contribution < -0.4 is 4.90 Å². The molecule has 0 aliphatic heterocycles. The summed E-state index contributed by atoms with van der Waals surface area (Å²) in [5.74, 6) is 0. The van der Waals surface area contributed by atoms with Gasteiger partial charge in [-0.15, -0.1) is 0 Å². The Bertz CT molecular complexity index is 2050. The molecule has 0 atom stereocenters. The van der Waals surface area contributed by atoms with Gasteiger partial charge in [-0.3, -0.25) is 0 Å². The van der Waals surface area contributed by atoms with Crippen molar-refractivity contribution in [2.24, 2.45) is 0 Å². The summed E-state index contributed by atoms with van der Waals surface area (Å²) in [6, 6.07) is 45.6. The van der Waals surface area contributed by atoms with E-state index in [0.717, 1.165) is 39.0 Å². The molecule has 0 amide bonds. The highest BCUT2D eigenvalue weighted by atomic mass is 16.3. The minimum Gasteiger partial charge on any atom is -0.454 e. The SMILES string of the molecule is CC1(C)c2ccccc2-c2ccc(N(c3ccccc3)c3cc4ccccc4c4c3oc3ccccc34)cc21. The standard InChI is InChI=1S/C37H27NO/c1-37(2)31-18-10-8-16-28(31)29-21-20-26(23-32(29)37)38(25-13-4-3-5-14-25)33-22-24-12-6-7-15-27(24)35-30-17-9-11-19-34(30)39-36(33)35/h3-23H,1-2H3. The lowest BCUT2D eigenvalue weighted by atomic mass is 9.82. The zero-order valence-corrected chi connectivity index (χ0v) is 22.0. The van der Waals surface area contributed by atoms with E-state index in [1.165, 1.54) is 33.0 Å². The Kier molecular flexibility index (Phi) is 4.60. The van der Waals surface area contributed by atoms with Crippen LogP contribution in [0.5, 0.6) is 0 Å². The van der Waals surface area contributed by atoms with Crippen LogP contribution >= 0.6 is 0 Å². The number of benzene rings is 6. The molecule has 1 aliphatic carbocycles. The van der Waals surface area contributed by atoms with Gasteiger partial charge in [-0.1, -0.05) is 105 Å². The second-order valence-electron chi connectivity index (χ2n) is 11.0. The third-order valence-corrected chi connectivity index (χ3v) is 8.43. The van der Waals surface area contributed by atoms with E-state index in [4.69, 9.17) is 4.42 Å². The maximum atomic E-state index is 6.66. The Labute approximate surface area is 227 Å². The lowest BCUT2D eigenvalue weighted by molar-refractivity contribution is 0.660. The Hall–Kier alpha value is -4.82. The molecule has 0 spiro atoms. The summed E-state index contributed by atoms with van der Waals surface area (Å²) >= 11 is 0. The maximum Gasteiger partial charge on any atom is 0.160 e. The van der Waals surface area contributed by atoms with Crippen LogP contribution in [0.3, 0.4) is 0 Å². The van der Waals surface area contributed by atoms with Gasteiger partial charge < -0.3 is 9.32 Å². The van der Waals surface area contributed by atoms with Crippen molar-refractivity contribution in [1.82, 2.24) is 0 Å². The number of anilines is 3. The molecule has 2 heteroatoms. The Morgan fingerprint density at radius 1 is 0.564 bits per heavy atom. The Balaban J connectivity index is 1.45. The van der Waals surface area contributed by atoms with Crippen LogP contribution in [-0.4, -0.2) is 0 Å². The van der Waals surface area contributed by atoms with E-state index in [2.05, 4.69) is 140 Å². The van der Waals surface area contributed by atoms with Crippen molar-refractivity contribution in [3.8, 4) is 11.1 Å². The molecule has 39 heavy (non-hydrogen) atoms. The van der Waals surface area contributed by atoms with E-state index in [-0.39, 0.29) is 5.41 Å². The fraction of sp³-hybridized carbons (Fsp3) is 0.0811. The highest BCUT2D eigenvalue weighted by molar-refractivity contribution is 6.23. The molecule has 1 aromatic heterocycles. The van der Waals surface area contributed by atoms with Crippen LogP contribution in [0.25, 0.3) is 43.8 Å². The van der Waals surface area contributed by atoms with Gasteiger partial charge >= 0.3 is 0 Å². The summed E-state index contributed by atoms with van der Waals surface area (Å²) in [5.41, 5.74) is 10.4. The average Bonchev–Trinajstić information content (AvgIpc) is 3.48. The fourth-order valence-corrected chi connectivity index (χ4v) is 6.56. The zero-order valence-electron chi connectivity index (χ0n) is 22.0. The predicted octanol–water partition coefficient (Wildman–Crippen LogP) is 10.5. The number of fused-ring (bicyclic) bond motifs is 8. The lowest BCUT2D eigenvalue weighted by Gasteiger charge is -2.28. The normalized spacial score (nSPS) is 13.6. The number of furan rings is 1. The van der Waals surface area contributed by atoms with Gasteiger partial charge in [0.05, 0.1) is 5.69 Å². The van der Waals surface area contributed by atoms with Gasteiger partial charge in [-0.05, 0) is 69.4 Å². The van der Waals surface area contributed by atoms with Crippen LogP contribution in [0.2, 0.25) is 0 Å². The first kappa shape index (κ1) is 22.2. The fourth-order valence-electron chi connectivity index (χ4n) is 6.56. The third-order valence-electron chi connectivity index (χ3n) is 8.43. The number of hydrogen-bond acceptors (Lipinski definition) is 2. The smallest absolute Gasteiger partial charge is 0.160 e. The average molecular weight is 502 g/mol. The van der Waals surface area contributed by atoms with Gasteiger partial charge in [-0.25, -0.2) is 0 Å². The van der Waals surface area contributed by atoms with Crippen molar-refractivity contribution in [2.45, 2.75) is 19.3 Å². The molecular formula is C37H27NO. The maximum absolute atomic E-state index is 6.66. The molecule has 6 aromatic carbocycles. The first-order valence-electron chi connectivity index (χ1n) is 13.5. The van der Waals surface area contributed by atoms with E-state index in [1.54, 1.807) is 0 Å². The third kappa shape index (κ3) is 3.15. The lowest BCUT2D eigenvalue weighted by Crippen LogP contribution is -2.16. The number of nitrogens with zero attached hydrogens (tertiary/aromatic N) is 1. The van der Waals surface area contributed by atoms with E-state index < -0.39 is 0 Å². The second kappa shape index (κ2) is 8.09. The molecule has 0 saturated heterocycles. The molecule has 0 N–H and O–H groups in total. The molecule has 7 aromatic rings. The van der Waals surface area contributed by atoms with Gasteiger partial charge in [0, 0.05) is 27.6 Å². The largest absolute Gasteiger partial charge is 0.454 e. The highest BCUT2D eigenvalue weighted by Crippen LogP contribution is 2.51. The summed E-state index contributed by atoms with van der Waals surface area (Å²) in [5, 5.41) is 4.71. The van der Waals surface area contributed by atoms with Gasteiger partial charge in [0.25, 0.3) is 0 Å². The van der Waals surface area contributed by atoms with Crippen molar-refractivity contribution in [2.75, 3.05) is 4.90 Å². The number of hydrogen-bond donors (Lipinski definition) is 0. The van der Waals surface area contributed by atoms with E-state index >= 15 is 0 Å². The Morgan fingerprint density at radius 3 is 2.13 bits per heavy atom. The molecule has 0 fully saturated rings. The molecule has 8 rings (SSSR count). The Morgan fingerprint density at radius 2 is 1.26 bits per heavy atom. The summed E-state index contributed by atoms with van der Waals surface area (Å²) in [6.07, 6.45) is 0. The molecule has 0 radical (unpaired) electrons. The monoisotopic (exact) mass is 501 g/mol. The minimum absolute atomic E-state index is 0.0810. The molecular weight excluding hydrogens is 474 g/mol. The molecule has 2 nitrogen and oxygen atoms in total. The number of para-hydroxylation sites is 2. The van der Waals surface area contributed by atoms with Crippen molar-refractivity contribution in [3.63, 3.8) is 0 Å². The van der Waals surface area contributed by atoms with Gasteiger partial charge in [-0.2, -0.15) is 0 Å². The summed E-state index contributed by atoms with van der Waals surface area (Å²) in [6.45, 7) is 4.67. The van der Waals surface area contributed by atoms with Crippen molar-refractivity contribution in [1.29, 1.82) is 0 Å². The molecule has 0 saturated carbocycles. The first-order chi connectivity index (χ1) is 19.1. The summed E-state index contributed by atoms with van der Waals surface area (Å²) in [4.78, 5) is 2.36. The topological polar surface area (TPSA) is 16.4 Å². The van der Waals surface area contributed by atoms with E-state index in [1.807, 2.05) is 6.07 Å². The van der Waals surface area contributed by atoms with Gasteiger partial charge in [0.15, 0.2) is 5.58 Å². The predicted molar refractivity (Wildman–Crippen MR) is 163 cm³/mol. The highest BCUT2D eigenvalue weighted by Gasteiger charge is 2.36. The summed E-state index contributed by atoms with van der Waals surface area (Å²) in [7, 11) is 0. The zero-order chi connectivity index (χ0) is 26.1. The van der Waals surface area contributed by atoms with Crippen LogP contribution in [-0.2, 0) is 5.41 Å². The van der Waals surface area contributed by atoms with Gasteiger partial charge in [0.2, 0.25) is 0 Å². The van der Waals surface area contributed by atoms with Crippen LogP contribution in [0, 0.1) is 0 Å². The second-order valence-corrected chi connectivity index (χ2v) is 11.0. The quantitative estimate of drug-likeness (QED) is 0.239. The van der Waals surface area contributed by atoms with Crippen LogP contribution in [0.4, 0.5) is 17.1 Å². The van der Waals surface area contributed by atoms with Crippen molar-refractivity contribution >= 4 is 49.8 Å². The van der Waals surface area contributed by atoms with Crippen LogP contribution in [0.15, 0.2) is 132 Å². The summed E-state index contributed by atoms with van der Waals surface area (Å²) < 4.78 is 6.66. The van der Waals surface area contributed by atoms with Crippen molar-refractivity contribution < 1.29 is 4.42 Å². The molecule has 1 heterocycles. The van der Waals surface area contributed by atoms with Crippen LogP contribution in [0.1, 0.15) is 25.0 Å². The first-order valence-corrected chi connectivity index (χ1v) is 13.5. The minimum atomic E-state index is -0.0810. The number of rotatable bonds is 3. The van der Waals surface area contributed by atoms with Gasteiger partial charge in [0.1, 0.15) is 5.58 Å².